The number of aromatic nitrogens is 1. The number of ether oxygens (including phenoxy) is 1. The molecule has 142 valence electrons. The van der Waals surface area contributed by atoms with Gasteiger partial charge in [-0.2, -0.15) is 0 Å². The van der Waals surface area contributed by atoms with Gasteiger partial charge in [0.05, 0.1) is 18.1 Å². The maximum Gasteiger partial charge on any atom is 0.322 e. The normalized spacial score (nSPS) is 13.3. The number of nitrogens with one attached hydrogen (secondary N) is 1. The predicted molar refractivity (Wildman–Crippen MR) is 106 cm³/mol. The highest BCUT2D eigenvalue weighted by Gasteiger charge is 2.20. The van der Waals surface area contributed by atoms with Crippen LogP contribution in [0, 0.1) is 5.82 Å². The summed E-state index contributed by atoms with van der Waals surface area (Å²) >= 11 is 5.79. The number of halogens is 2. The van der Waals surface area contributed by atoms with Crippen LogP contribution in [0.15, 0.2) is 60.9 Å². The van der Waals surface area contributed by atoms with E-state index in [0.29, 0.717) is 25.4 Å². The minimum absolute atomic E-state index is 0.0376. The Morgan fingerprint density at radius 3 is 2.71 bits per heavy atom. The van der Waals surface area contributed by atoms with Gasteiger partial charge in [-0.25, -0.2) is 9.18 Å². The number of urea groups is 1. The summed E-state index contributed by atoms with van der Waals surface area (Å²) in [5.41, 5.74) is 3.42. The van der Waals surface area contributed by atoms with Crippen molar-refractivity contribution in [1.82, 2.24) is 9.88 Å². The van der Waals surface area contributed by atoms with Crippen LogP contribution >= 0.6 is 11.6 Å². The van der Waals surface area contributed by atoms with Crippen molar-refractivity contribution in [3.05, 3.63) is 77.3 Å². The van der Waals surface area contributed by atoms with Gasteiger partial charge in [-0.1, -0.05) is 17.7 Å². The fourth-order valence-electron chi connectivity index (χ4n) is 3.07. The van der Waals surface area contributed by atoms with Gasteiger partial charge in [-0.05, 0) is 53.6 Å². The number of nitrogens with zero attached hydrogens (tertiary/aromatic N) is 2. The zero-order chi connectivity index (χ0) is 19.5. The van der Waals surface area contributed by atoms with Gasteiger partial charge in [0.1, 0.15) is 18.2 Å². The Bertz CT molecular complexity index is 1010. The summed E-state index contributed by atoms with van der Waals surface area (Å²) in [6.07, 6.45) is 3.48. The molecule has 1 aromatic heterocycles. The fourth-order valence-corrected chi connectivity index (χ4v) is 3.25. The lowest BCUT2D eigenvalue weighted by Crippen LogP contribution is -2.36. The van der Waals surface area contributed by atoms with E-state index >= 15 is 0 Å². The first-order valence-electron chi connectivity index (χ1n) is 8.77. The van der Waals surface area contributed by atoms with Crippen LogP contribution in [-0.4, -0.2) is 29.1 Å². The molecule has 28 heavy (non-hydrogen) atoms. The number of hydrogen-bond acceptors (Lipinski definition) is 3. The number of fused-ring (bicyclic) bond motifs is 1. The Balaban J connectivity index is 1.55. The quantitative estimate of drug-likeness (QED) is 0.664. The van der Waals surface area contributed by atoms with E-state index in [2.05, 4.69) is 10.3 Å². The number of rotatable bonds is 2. The maximum absolute atomic E-state index is 13.3. The molecule has 0 fully saturated rings. The molecular formula is C21H17ClFN3O2. The molecule has 1 aliphatic heterocycles. The van der Waals surface area contributed by atoms with Crippen molar-refractivity contribution in [2.45, 2.75) is 6.54 Å². The van der Waals surface area contributed by atoms with E-state index in [9.17, 15) is 9.18 Å². The number of pyridine rings is 1. The molecule has 2 amide bonds. The molecule has 0 radical (unpaired) electrons. The Kier molecular flexibility index (Phi) is 5.12. The van der Waals surface area contributed by atoms with E-state index in [4.69, 9.17) is 16.3 Å². The molecule has 0 unspecified atom stereocenters. The number of carbonyl (C=O) groups excluding carboxylic acids is 1. The van der Waals surface area contributed by atoms with E-state index in [1.807, 2.05) is 30.3 Å². The summed E-state index contributed by atoms with van der Waals surface area (Å²) in [5, 5.41) is 2.72. The molecule has 0 bridgehead atoms. The molecule has 0 saturated carbocycles. The van der Waals surface area contributed by atoms with Gasteiger partial charge in [-0.15, -0.1) is 0 Å². The molecule has 0 atom stereocenters. The summed E-state index contributed by atoms with van der Waals surface area (Å²) in [7, 11) is 0. The van der Waals surface area contributed by atoms with Crippen LogP contribution in [0.1, 0.15) is 5.56 Å². The topological polar surface area (TPSA) is 54.5 Å². The first-order valence-corrected chi connectivity index (χ1v) is 9.15. The highest BCUT2D eigenvalue weighted by Crippen LogP contribution is 2.29. The largest absolute Gasteiger partial charge is 0.491 e. The van der Waals surface area contributed by atoms with Gasteiger partial charge in [0.15, 0.2) is 0 Å². The third-order valence-electron chi connectivity index (χ3n) is 4.51. The van der Waals surface area contributed by atoms with E-state index in [0.717, 1.165) is 22.4 Å². The van der Waals surface area contributed by atoms with Crippen LogP contribution in [0.4, 0.5) is 14.9 Å². The number of benzene rings is 2. The summed E-state index contributed by atoms with van der Waals surface area (Å²) in [6, 6.07) is 13.6. The van der Waals surface area contributed by atoms with Gasteiger partial charge in [-0.3, -0.25) is 4.98 Å². The first kappa shape index (κ1) is 18.3. The van der Waals surface area contributed by atoms with Crippen LogP contribution in [0.2, 0.25) is 5.02 Å². The van der Waals surface area contributed by atoms with Gasteiger partial charge in [0, 0.05) is 23.6 Å². The Labute approximate surface area is 166 Å². The summed E-state index contributed by atoms with van der Waals surface area (Å²) < 4.78 is 19.1. The van der Waals surface area contributed by atoms with Crippen molar-refractivity contribution in [2.75, 3.05) is 18.5 Å². The molecular weight excluding hydrogens is 381 g/mol. The van der Waals surface area contributed by atoms with Crippen LogP contribution in [0.3, 0.4) is 0 Å². The molecule has 3 aromatic rings. The maximum atomic E-state index is 13.3. The van der Waals surface area contributed by atoms with E-state index < -0.39 is 5.82 Å². The highest BCUT2D eigenvalue weighted by molar-refractivity contribution is 6.31. The lowest BCUT2D eigenvalue weighted by Gasteiger charge is -2.20. The van der Waals surface area contributed by atoms with E-state index in [1.165, 1.54) is 18.2 Å². The van der Waals surface area contributed by atoms with Gasteiger partial charge in [0.25, 0.3) is 0 Å². The monoisotopic (exact) mass is 397 g/mol. The van der Waals surface area contributed by atoms with Crippen molar-refractivity contribution < 1.29 is 13.9 Å². The summed E-state index contributed by atoms with van der Waals surface area (Å²) in [5.74, 6) is 0.235. The summed E-state index contributed by atoms with van der Waals surface area (Å²) in [4.78, 5) is 18.4. The second kappa shape index (κ2) is 7.86. The smallest absolute Gasteiger partial charge is 0.322 e. The third-order valence-corrected chi connectivity index (χ3v) is 4.80. The minimum Gasteiger partial charge on any atom is -0.491 e. The molecule has 5 nitrogen and oxygen atoms in total. The third kappa shape index (κ3) is 3.92. The van der Waals surface area contributed by atoms with Crippen LogP contribution in [-0.2, 0) is 6.54 Å². The number of amides is 2. The van der Waals surface area contributed by atoms with Crippen molar-refractivity contribution in [3.8, 4) is 16.9 Å². The van der Waals surface area contributed by atoms with Crippen molar-refractivity contribution in [3.63, 3.8) is 0 Å². The molecule has 0 saturated heterocycles. The molecule has 0 spiro atoms. The molecule has 1 N–H and O–H groups in total. The molecule has 2 aromatic carbocycles. The standard InChI is InChI=1S/C21H17ClFN3O2/c22-18-12-17(2-3-19(18)23)25-21(27)26-9-10-28-20-4-1-15(11-16(20)13-26)14-5-7-24-8-6-14/h1-8,11-12H,9-10,13H2,(H,25,27). The highest BCUT2D eigenvalue weighted by atomic mass is 35.5. The second-order valence-electron chi connectivity index (χ2n) is 6.39. The van der Waals surface area contributed by atoms with Gasteiger partial charge < -0.3 is 15.0 Å². The number of carbonyl (C=O) groups is 1. The van der Waals surface area contributed by atoms with E-state index in [1.54, 1.807) is 17.3 Å². The average Bonchev–Trinajstić information content (AvgIpc) is 2.93. The SMILES string of the molecule is O=C(Nc1ccc(F)c(Cl)c1)N1CCOc2ccc(-c3ccncc3)cc2C1. The molecule has 1 aliphatic rings. The van der Waals surface area contributed by atoms with E-state index in [-0.39, 0.29) is 11.1 Å². The van der Waals surface area contributed by atoms with Gasteiger partial charge in [0.2, 0.25) is 0 Å². The number of anilines is 1. The van der Waals surface area contributed by atoms with Crippen LogP contribution < -0.4 is 10.1 Å². The second-order valence-corrected chi connectivity index (χ2v) is 6.79. The average molecular weight is 398 g/mol. The lowest BCUT2D eigenvalue weighted by molar-refractivity contribution is 0.200. The zero-order valence-electron chi connectivity index (χ0n) is 14.9. The zero-order valence-corrected chi connectivity index (χ0v) is 15.6. The molecule has 4 rings (SSSR count). The minimum atomic E-state index is -0.527. The number of hydrogen-bond donors (Lipinski definition) is 1. The summed E-state index contributed by atoms with van der Waals surface area (Å²) in [6.45, 7) is 1.22. The molecule has 7 heteroatoms. The van der Waals surface area contributed by atoms with Crippen molar-refractivity contribution in [1.29, 1.82) is 0 Å². The van der Waals surface area contributed by atoms with Gasteiger partial charge >= 0.3 is 6.03 Å². The molecule has 2 heterocycles. The predicted octanol–water partition coefficient (Wildman–Crippen LogP) is 4.97. The Morgan fingerprint density at radius 2 is 1.93 bits per heavy atom. The lowest BCUT2D eigenvalue weighted by atomic mass is 10.0. The Hall–Kier alpha value is -3.12. The first-order chi connectivity index (χ1) is 13.6. The Morgan fingerprint density at radius 1 is 1.11 bits per heavy atom. The van der Waals surface area contributed by atoms with Crippen LogP contribution in [0.5, 0.6) is 5.75 Å². The fraction of sp³-hybridized carbons (Fsp3) is 0.143. The van der Waals surface area contributed by atoms with Crippen molar-refractivity contribution in [2.24, 2.45) is 0 Å². The van der Waals surface area contributed by atoms with Crippen molar-refractivity contribution >= 4 is 23.3 Å². The van der Waals surface area contributed by atoms with Crippen LogP contribution in [0.25, 0.3) is 11.1 Å². The molecule has 0 aliphatic carbocycles.